The molecule has 0 bridgehead atoms. The zero-order valence-electron chi connectivity index (χ0n) is 19.1. The van der Waals surface area contributed by atoms with Gasteiger partial charge in [-0.3, -0.25) is 9.10 Å². The molecule has 1 N–H and O–H groups in total. The number of hydrogen-bond donors (Lipinski definition) is 1. The monoisotopic (exact) mass is 468 g/mol. The molecule has 0 saturated heterocycles. The Morgan fingerprint density at radius 1 is 0.970 bits per heavy atom. The van der Waals surface area contributed by atoms with E-state index >= 15 is 0 Å². The van der Waals surface area contributed by atoms with E-state index in [1.54, 1.807) is 56.7 Å². The first kappa shape index (κ1) is 24.1. The van der Waals surface area contributed by atoms with E-state index in [0.717, 1.165) is 17.4 Å². The smallest absolute Gasteiger partial charge is 0.253 e. The number of benzene rings is 3. The maximum atomic E-state index is 13.3. The normalized spacial score (nSPS) is 12.0. The number of rotatable bonds is 9. The van der Waals surface area contributed by atoms with Crippen LogP contribution in [0, 0.1) is 0 Å². The second-order valence-electron chi connectivity index (χ2n) is 7.58. The number of nitrogens with one attached hydrogen (secondary N) is 1. The van der Waals surface area contributed by atoms with Crippen LogP contribution in [0.4, 0.5) is 5.69 Å². The van der Waals surface area contributed by atoms with Gasteiger partial charge >= 0.3 is 0 Å². The lowest BCUT2D eigenvalue weighted by atomic mass is 10.1. The molecule has 1 atom stereocenters. The largest absolute Gasteiger partial charge is 0.497 e. The van der Waals surface area contributed by atoms with Crippen LogP contribution in [0.2, 0.25) is 0 Å². The fraction of sp³-hybridized carbons (Fsp3) is 0.240. The van der Waals surface area contributed by atoms with Crippen LogP contribution in [0.3, 0.4) is 0 Å². The number of para-hydroxylation sites is 1. The lowest BCUT2D eigenvalue weighted by Gasteiger charge is -2.25. The summed E-state index contributed by atoms with van der Waals surface area (Å²) < 4.78 is 37.3. The third-order valence-corrected chi connectivity index (χ3v) is 6.36. The van der Waals surface area contributed by atoms with Gasteiger partial charge in [0.15, 0.2) is 0 Å². The molecule has 0 spiro atoms. The van der Waals surface area contributed by atoms with Crippen molar-refractivity contribution in [1.82, 2.24) is 5.32 Å². The van der Waals surface area contributed by atoms with Crippen LogP contribution in [0.5, 0.6) is 11.5 Å². The molecule has 0 aliphatic heterocycles. The first-order chi connectivity index (χ1) is 15.7. The number of carbonyl (C=O) groups excluding carboxylic acids is 1. The van der Waals surface area contributed by atoms with Crippen LogP contribution in [-0.2, 0) is 16.6 Å². The van der Waals surface area contributed by atoms with E-state index in [4.69, 9.17) is 9.47 Å². The molecule has 174 valence electrons. The van der Waals surface area contributed by atoms with Gasteiger partial charge in [-0.25, -0.2) is 8.42 Å². The van der Waals surface area contributed by atoms with Crippen molar-refractivity contribution in [3.05, 3.63) is 89.5 Å². The van der Waals surface area contributed by atoms with E-state index in [9.17, 15) is 13.2 Å². The highest BCUT2D eigenvalue weighted by atomic mass is 32.2. The Hall–Kier alpha value is -3.52. The highest BCUT2D eigenvalue weighted by Crippen LogP contribution is 2.30. The standard InChI is InChI=1S/C25H28N2O5S/c1-18(22-16-20(31-2)14-15-24(22)32-3)26-25(28)21-12-8-9-13-23(21)27(33(4,29)30)17-19-10-6-5-7-11-19/h5-16,18H,17H2,1-4H3,(H,26,28)/t18-/m0/s1. The Morgan fingerprint density at radius 3 is 2.27 bits per heavy atom. The second-order valence-corrected chi connectivity index (χ2v) is 9.48. The van der Waals surface area contributed by atoms with Crippen LogP contribution < -0.4 is 19.1 Å². The van der Waals surface area contributed by atoms with Gasteiger partial charge in [0, 0.05) is 5.56 Å². The van der Waals surface area contributed by atoms with Crippen molar-refractivity contribution in [2.75, 3.05) is 24.8 Å². The van der Waals surface area contributed by atoms with Crippen LogP contribution in [-0.4, -0.2) is 34.8 Å². The molecule has 8 heteroatoms. The zero-order chi connectivity index (χ0) is 24.0. The number of nitrogens with zero attached hydrogens (tertiary/aromatic N) is 1. The molecule has 0 aliphatic rings. The summed E-state index contributed by atoms with van der Waals surface area (Å²) in [5.74, 6) is 0.849. The van der Waals surface area contributed by atoms with Crippen LogP contribution in [0.15, 0.2) is 72.8 Å². The summed E-state index contributed by atoms with van der Waals surface area (Å²) in [5, 5.41) is 2.95. The average molecular weight is 469 g/mol. The molecule has 33 heavy (non-hydrogen) atoms. The Labute approximate surface area is 195 Å². The predicted molar refractivity (Wildman–Crippen MR) is 129 cm³/mol. The van der Waals surface area contributed by atoms with Gasteiger partial charge in [0.1, 0.15) is 11.5 Å². The molecular formula is C25H28N2O5S. The Kier molecular flexibility index (Phi) is 7.60. The van der Waals surface area contributed by atoms with Gasteiger partial charge in [-0.1, -0.05) is 42.5 Å². The van der Waals surface area contributed by atoms with E-state index in [0.29, 0.717) is 17.2 Å². The zero-order valence-corrected chi connectivity index (χ0v) is 19.9. The molecule has 0 fully saturated rings. The summed E-state index contributed by atoms with van der Waals surface area (Å²) >= 11 is 0. The van der Waals surface area contributed by atoms with E-state index < -0.39 is 22.0 Å². The number of sulfonamides is 1. The molecule has 0 radical (unpaired) electrons. The van der Waals surface area contributed by atoms with Gasteiger partial charge in [0.05, 0.1) is 44.3 Å². The first-order valence-electron chi connectivity index (χ1n) is 10.4. The highest BCUT2D eigenvalue weighted by molar-refractivity contribution is 7.92. The number of anilines is 1. The van der Waals surface area contributed by atoms with Crippen LogP contribution in [0.1, 0.15) is 34.5 Å². The number of ether oxygens (including phenoxy) is 2. The quantitative estimate of drug-likeness (QED) is 0.510. The fourth-order valence-corrected chi connectivity index (χ4v) is 4.44. The number of amides is 1. The molecular weight excluding hydrogens is 440 g/mol. The topological polar surface area (TPSA) is 84.9 Å². The van der Waals surface area contributed by atoms with Crippen LogP contribution >= 0.6 is 0 Å². The molecule has 1 amide bonds. The molecule has 0 saturated carbocycles. The van der Waals surface area contributed by atoms with Gasteiger partial charge in [0.2, 0.25) is 10.0 Å². The van der Waals surface area contributed by atoms with Gasteiger partial charge < -0.3 is 14.8 Å². The lowest BCUT2D eigenvalue weighted by molar-refractivity contribution is 0.0940. The number of hydrogen-bond acceptors (Lipinski definition) is 5. The molecule has 0 aliphatic carbocycles. The van der Waals surface area contributed by atoms with E-state index in [1.807, 2.05) is 37.3 Å². The van der Waals surface area contributed by atoms with Crippen molar-refractivity contribution in [3.8, 4) is 11.5 Å². The van der Waals surface area contributed by atoms with E-state index in [2.05, 4.69) is 5.32 Å². The maximum absolute atomic E-state index is 13.3. The summed E-state index contributed by atoms with van der Waals surface area (Å²) in [5.41, 5.74) is 2.12. The van der Waals surface area contributed by atoms with E-state index in [1.165, 1.54) is 4.31 Å². The SMILES string of the molecule is COc1ccc(OC)c([C@H](C)NC(=O)c2ccccc2N(Cc2ccccc2)S(C)(=O)=O)c1. The molecule has 0 unspecified atom stereocenters. The van der Waals surface area contributed by atoms with Crippen molar-refractivity contribution in [2.24, 2.45) is 0 Å². The molecule has 3 aromatic carbocycles. The van der Waals surface area contributed by atoms with Crippen molar-refractivity contribution in [3.63, 3.8) is 0 Å². The number of methoxy groups -OCH3 is 2. The molecule has 7 nitrogen and oxygen atoms in total. The minimum absolute atomic E-state index is 0.114. The summed E-state index contributed by atoms with van der Waals surface area (Å²) in [7, 11) is -0.530. The molecule has 0 aromatic heterocycles. The summed E-state index contributed by atoms with van der Waals surface area (Å²) in [6, 6.07) is 20.8. The summed E-state index contributed by atoms with van der Waals surface area (Å²) in [6.45, 7) is 1.94. The lowest BCUT2D eigenvalue weighted by Crippen LogP contribution is -2.33. The van der Waals surface area contributed by atoms with Crippen molar-refractivity contribution >= 4 is 21.6 Å². The maximum Gasteiger partial charge on any atom is 0.253 e. The summed E-state index contributed by atoms with van der Waals surface area (Å²) in [6.07, 6.45) is 1.13. The minimum Gasteiger partial charge on any atom is -0.497 e. The minimum atomic E-state index is -3.66. The average Bonchev–Trinajstić information content (AvgIpc) is 2.82. The molecule has 3 rings (SSSR count). The van der Waals surface area contributed by atoms with Gasteiger partial charge in [-0.2, -0.15) is 0 Å². The van der Waals surface area contributed by atoms with Crippen molar-refractivity contribution in [1.29, 1.82) is 0 Å². The first-order valence-corrected chi connectivity index (χ1v) is 12.2. The van der Waals surface area contributed by atoms with Crippen LogP contribution in [0.25, 0.3) is 0 Å². The van der Waals surface area contributed by atoms with Crippen molar-refractivity contribution < 1.29 is 22.7 Å². The third kappa shape index (κ3) is 5.84. The van der Waals surface area contributed by atoms with E-state index in [-0.39, 0.29) is 12.1 Å². The predicted octanol–water partition coefficient (Wildman–Crippen LogP) is 4.16. The molecule has 3 aromatic rings. The fourth-order valence-electron chi connectivity index (χ4n) is 3.54. The Bertz CT molecular complexity index is 1210. The number of carbonyl (C=O) groups is 1. The second kappa shape index (κ2) is 10.4. The van der Waals surface area contributed by atoms with Crippen molar-refractivity contribution in [2.45, 2.75) is 19.5 Å². The molecule has 0 heterocycles. The Balaban J connectivity index is 1.94. The Morgan fingerprint density at radius 2 is 1.64 bits per heavy atom. The summed E-state index contributed by atoms with van der Waals surface area (Å²) in [4.78, 5) is 13.3. The van der Waals surface area contributed by atoms with Gasteiger partial charge in [-0.15, -0.1) is 0 Å². The third-order valence-electron chi connectivity index (χ3n) is 5.24. The van der Waals surface area contributed by atoms with Gasteiger partial charge in [0.25, 0.3) is 5.91 Å². The van der Waals surface area contributed by atoms with Gasteiger partial charge in [-0.05, 0) is 42.8 Å². The highest BCUT2D eigenvalue weighted by Gasteiger charge is 2.25.